The molecule has 2 heterocycles. The van der Waals surface area contributed by atoms with Gasteiger partial charge in [0.25, 0.3) is 0 Å². The van der Waals surface area contributed by atoms with Gasteiger partial charge in [-0.2, -0.15) is 0 Å². The van der Waals surface area contributed by atoms with Crippen LogP contribution in [0.25, 0.3) is 33.7 Å². The smallest absolute Gasteiger partial charge is 0.0816 e. The number of rotatable bonds is 5. The normalized spacial score (nSPS) is 13.5. The van der Waals surface area contributed by atoms with Crippen LogP contribution in [-0.2, 0) is 0 Å². The summed E-state index contributed by atoms with van der Waals surface area (Å²) in [5, 5.41) is 0. The van der Waals surface area contributed by atoms with Gasteiger partial charge in [-0.05, 0) is 50.5 Å². The first-order valence-corrected chi connectivity index (χ1v) is 14.9. The van der Waals surface area contributed by atoms with Crippen LogP contribution in [-0.4, -0.2) is 10.7 Å². The third-order valence-electron chi connectivity index (χ3n) is 8.36. The molecule has 0 amide bonds. The molecular weight excluding hydrogens is 520 g/mol. The predicted molar refractivity (Wildman–Crippen MR) is 181 cm³/mol. The standard InChI is InChI=1S/C41H34N2/c1-26-9-17-30(18-10-26)36-25-37(31-19-11-27(2)12-20-31)42-41(36)38(32-21-13-28(3)14-22-32)40-35-8-6-5-7-34(35)39(43-40)33-23-15-29(4)16-24-33/h5-25,42H,1-4H3/b40-38-. The first-order chi connectivity index (χ1) is 20.9. The second-order valence-electron chi connectivity index (χ2n) is 11.7. The molecule has 7 rings (SSSR count). The van der Waals surface area contributed by atoms with Crippen LogP contribution in [0.2, 0.25) is 0 Å². The molecule has 1 aromatic heterocycles. The molecule has 0 fully saturated rings. The molecule has 5 aromatic carbocycles. The molecule has 0 unspecified atom stereocenters. The van der Waals surface area contributed by atoms with Crippen LogP contribution in [0, 0.1) is 27.7 Å². The summed E-state index contributed by atoms with van der Waals surface area (Å²) in [7, 11) is 0. The number of aliphatic imine (C=N–C) groups is 1. The Bertz CT molecular complexity index is 2000. The van der Waals surface area contributed by atoms with Gasteiger partial charge in [0.05, 0.1) is 17.1 Å². The lowest BCUT2D eigenvalue weighted by Crippen LogP contribution is -2.00. The molecule has 0 atom stereocenters. The van der Waals surface area contributed by atoms with Gasteiger partial charge in [-0.15, -0.1) is 0 Å². The van der Waals surface area contributed by atoms with Crippen molar-refractivity contribution in [1.29, 1.82) is 0 Å². The molecule has 43 heavy (non-hydrogen) atoms. The van der Waals surface area contributed by atoms with E-state index in [4.69, 9.17) is 4.99 Å². The Balaban J connectivity index is 1.55. The zero-order valence-corrected chi connectivity index (χ0v) is 25.1. The van der Waals surface area contributed by atoms with Crippen LogP contribution in [0.1, 0.15) is 50.2 Å². The number of aryl methyl sites for hydroxylation is 4. The second-order valence-corrected chi connectivity index (χ2v) is 11.7. The number of hydrogen-bond acceptors (Lipinski definition) is 1. The summed E-state index contributed by atoms with van der Waals surface area (Å²) < 4.78 is 0. The van der Waals surface area contributed by atoms with Gasteiger partial charge in [0.1, 0.15) is 0 Å². The summed E-state index contributed by atoms with van der Waals surface area (Å²) in [6.07, 6.45) is 0. The summed E-state index contributed by atoms with van der Waals surface area (Å²) in [5.74, 6) is 0. The van der Waals surface area contributed by atoms with Crippen molar-refractivity contribution in [2.45, 2.75) is 27.7 Å². The van der Waals surface area contributed by atoms with Crippen molar-refractivity contribution in [1.82, 2.24) is 4.98 Å². The molecule has 0 bridgehead atoms. The highest BCUT2D eigenvalue weighted by atomic mass is 14.8. The van der Waals surface area contributed by atoms with Gasteiger partial charge in [0.2, 0.25) is 0 Å². The van der Waals surface area contributed by atoms with Crippen molar-refractivity contribution in [3.63, 3.8) is 0 Å². The molecule has 2 heteroatoms. The summed E-state index contributed by atoms with van der Waals surface area (Å²) in [6.45, 7) is 8.52. The first-order valence-electron chi connectivity index (χ1n) is 14.9. The third kappa shape index (κ3) is 5.06. The summed E-state index contributed by atoms with van der Waals surface area (Å²) in [6, 6.07) is 46.0. The number of nitrogens with zero attached hydrogens (tertiary/aromatic N) is 1. The molecule has 0 spiro atoms. The quantitative estimate of drug-likeness (QED) is 0.220. The monoisotopic (exact) mass is 554 g/mol. The Kier molecular flexibility index (Phi) is 6.75. The second kappa shape index (κ2) is 10.9. The van der Waals surface area contributed by atoms with Gasteiger partial charge in [-0.3, -0.25) is 0 Å². The third-order valence-corrected chi connectivity index (χ3v) is 8.36. The molecule has 0 aliphatic carbocycles. The molecule has 0 radical (unpaired) electrons. The van der Waals surface area contributed by atoms with Crippen LogP contribution in [0.4, 0.5) is 0 Å². The number of aromatic amines is 1. The molecule has 1 N–H and O–H groups in total. The van der Waals surface area contributed by atoms with Gasteiger partial charge in [0, 0.05) is 33.5 Å². The van der Waals surface area contributed by atoms with Crippen molar-refractivity contribution in [2.75, 3.05) is 0 Å². The molecule has 0 saturated carbocycles. The zero-order valence-electron chi connectivity index (χ0n) is 25.1. The highest BCUT2D eigenvalue weighted by Gasteiger charge is 2.27. The largest absolute Gasteiger partial charge is 0.354 e. The maximum atomic E-state index is 5.45. The highest BCUT2D eigenvalue weighted by Crippen LogP contribution is 2.43. The average molecular weight is 555 g/mol. The van der Waals surface area contributed by atoms with Crippen molar-refractivity contribution in [2.24, 2.45) is 4.99 Å². The first kappa shape index (κ1) is 26.7. The Morgan fingerprint density at radius 1 is 0.488 bits per heavy atom. The molecule has 208 valence electrons. The number of benzene rings is 5. The Labute approximate surface area is 254 Å². The van der Waals surface area contributed by atoms with Crippen molar-refractivity contribution in [3.05, 3.63) is 178 Å². The minimum absolute atomic E-state index is 0.987. The summed E-state index contributed by atoms with van der Waals surface area (Å²) >= 11 is 0. The number of fused-ring (bicyclic) bond motifs is 1. The van der Waals surface area contributed by atoms with Gasteiger partial charge in [-0.1, -0.05) is 144 Å². The SMILES string of the molecule is Cc1ccc(C2=N/C(=C(/c3ccc(C)cc3)c3[nH]c(-c4ccc(C)cc4)cc3-c3ccc(C)cc3)c3ccccc32)cc1. The van der Waals surface area contributed by atoms with Gasteiger partial charge in [-0.25, -0.2) is 4.99 Å². The van der Waals surface area contributed by atoms with Crippen LogP contribution in [0.15, 0.2) is 132 Å². The van der Waals surface area contributed by atoms with Crippen LogP contribution in [0.5, 0.6) is 0 Å². The molecule has 2 nitrogen and oxygen atoms in total. The number of aromatic nitrogens is 1. The Morgan fingerprint density at radius 3 is 1.56 bits per heavy atom. The lowest BCUT2D eigenvalue weighted by atomic mass is 9.91. The topological polar surface area (TPSA) is 28.1 Å². The number of H-pyrrole nitrogens is 1. The minimum Gasteiger partial charge on any atom is -0.354 e. The van der Waals surface area contributed by atoms with Crippen molar-refractivity contribution < 1.29 is 0 Å². The van der Waals surface area contributed by atoms with E-state index >= 15 is 0 Å². The molecular formula is C41H34N2. The summed E-state index contributed by atoms with van der Waals surface area (Å²) in [5.41, 5.74) is 18.3. The van der Waals surface area contributed by atoms with E-state index in [0.29, 0.717) is 0 Å². The minimum atomic E-state index is 0.987. The van der Waals surface area contributed by atoms with Crippen molar-refractivity contribution in [3.8, 4) is 22.4 Å². The fraction of sp³-hybridized carbons (Fsp3) is 0.0976. The van der Waals surface area contributed by atoms with E-state index in [1.807, 2.05) is 0 Å². The van der Waals surface area contributed by atoms with Crippen molar-refractivity contribution >= 4 is 17.0 Å². The lowest BCUT2D eigenvalue weighted by Gasteiger charge is -2.14. The maximum Gasteiger partial charge on any atom is 0.0816 e. The van der Waals surface area contributed by atoms with E-state index in [2.05, 4.69) is 160 Å². The molecule has 6 aromatic rings. The van der Waals surface area contributed by atoms with E-state index < -0.39 is 0 Å². The lowest BCUT2D eigenvalue weighted by molar-refractivity contribution is 1.33. The molecule has 1 aliphatic rings. The van der Waals surface area contributed by atoms with Gasteiger partial charge < -0.3 is 4.98 Å². The Morgan fingerprint density at radius 2 is 0.977 bits per heavy atom. The maximum absolute atomic E-state index is 5.45. The van der Waals surface area contributed by atoms with E-state index in [1.165, 1.54) is 27.8 Å². The van der Waals surface area contributed by atoms with E-state index in [1.54, 1.807) is 0 Å². The molecule has 0 saturated heterocycles. The fourth-order valence-electron chi connectivity index (χ4n) is 5.87. The van der Waals surface area contributed by atoms with Gasteiger partial charge >= 0.3 is 0 Å². The van der Waals surface area contributed by atoms with E-state index in [-0.39, 0.29) is 0 Å². The van der Waals surface area contributed by atoms with E-state index in [9.17, 15) is 0 Å². The number of nitrogens with one attached hydrogen (secondary N) is 1. The number of hydrogen-bond donors (Lipinski definition) is 1. The van der Waals surface area contributed by atoms with E-state index in [0.717, 1.165) is 61.8 Å². The van der Waals surface area contributed by atoms with Gasteiger partial charge in [0.15, 0.2) is 0 Å². The zero-order chi connectivity index (χ0) is 29.5. The molecule has 1 aliphatic heterocycles. The van der Waals surface area contributed by atoms with Crippen LogP contribution >= 0.6 is 0 Å². The van der Waals surface area contributed by atoms with Crippen LogP contribution in [0.3, 0.4) is 0 Å². The fourth-order valence-corrected chi connectivity index (χ4v) is 5.87. The average Bonchev–Trinajstić information content (AvgIpc) is 3.63. The predicted octanol–water partition coefficient (Wildman–Crippen LogP) is 10.3. The summed E-state index contributed by atoms with van der Waals surface area (Å²) in [4.78, 5) is 9.34. The Hall–Kier alpha value is -5.21. The highest BCUT2D eigenvalue weighted by molar-refractivity contribution is 6.23. The van der Waals surface area contributed by atoms with Crippen LogP contribution < -0.4 is 0 Å².